The summed E-state index contributed by atoms with van der Waals surface area (Å²) in [6.45, 7) is 0. The van der Waals surface area contributed by atoms with Crippen molar-refractivity contribution in [2.24, 2.45) is 0 Å². The number of hydrogen-bond acceptors (Lipinski definition) is 0. The number of rotatable bonds is 0. The Labute approximate surface area is 99.6 Å². The fraction of sp³-hybridized carbons (Fsp3) is 0. The SMILES string of the molecule is O.O.O.O.O.O.O.O.O.[KH]. The van der Waals surface area contributed by atoms with Crippen molar-refractivity contribution in [2.75, 3.05) is 0 Å². The maximum absolute atomic E-state index is 0. The Balaban J connectivity index is 0. The first kappa shape index (κ1) is 731. The van der Waals surface area contributed by atoms with E-state index in [1.54, 1.807) is 0 Å². The maximum atomic E-state index is 0. The van der Waals surface area contributed by atoms with E-state index in [1.807, 2.05) is 0 Å². The van der Waals surface area contributed by atoms with Gasteiger partial charge in [-0.15, -0.1) is 0 Å². The molecule has 10 heteroatoms. The molecule has 18 N–H and O–H groups in total. The van der Waals surface area contributed by atoms with E-state index in [4.69, 9.17) is 0 Å². The third-order valence-corrected chi connectivity index (χ3v) is 0. The van der Waals surface area contributed by atoms with Gasteiger partial charge in [-0.25, -0.2) is 0 Å². The number of hydrogen-bond donors (Lipinski definition) is 0. The fourth-order valence-corrected chi connectivity index (χ4v) is 0. The first-order chi connectivity index (χ1) is 0. The summed E-state index contributed by atoms with van der Waals surface area (Å²) in [7, 11) is 0. The normalized spacial score (nSPS) is 0. The topological polar surface area (TPSA) is 284 Å². The van der Waals surface area contributed by atoms with Crippen molar-refractivity contribution in [1.29, 1.82) is 0 Å². The van der Waals surface area contributed by atoms with E-state index in [-0.39, 0.29) is 101 Å². The Morgan fingerprint density at radius 3 is 0.200 bits per heavy atom. The van der Waals surface area contributed by atoms with Crippen LogP contribution in [0.5, 0.6) is 0 Å². The Hall–Kier alpha value is 1.28. The van der Waals surface area contributed by atoms with E-state index >= 15 is 0 Å². The van der Waals surface area contributed by atoms with E-state index in [2.05, 4.69) is 0 Å². The van der Waals surface area contributed by atoms with Gasteiger partial charge in [0, 0.05) is 0 Å². The monoisotopic (exact) mass is 202 g/mol. The average molecular weight is 202 g/mol. The fourth-order valence-electron chi connectivity index (χ4n) is 0. The van der Waals surface area contributed by atoms with Crippen LogP contribution >= 0.6 is 0 Å². The predicted molar refractivity (Wildman–Crippen MR) is 39.7 cm³/mol. The second-order valence-corrected chi connectivity index (χ2v) is 0. The van der Waals surface area contributed by atoms with Crippen molar-refractivity contribution in [3.05, 3.63) is 0 Å². The zero-order chi connectivity index (χ0) is 0. The molecule has 0 saturated carbocycles. The molecule has 0 saturated heterocycles. The minimum atomic E-state index is 0. The first-order valence-electron chi connectivity index (χ1n) is 0. The standard InChI is InChI=1S/K.9H2O.H/h;9*1H2;. The van der Waals surface area contributed by atoms with Gasteiger partial charge in [0.1, 0.15) is 0 Å². The second-order valence-electron chi connectivity index (χ2n) is 0. The molecule has 0 aromatic rings. The van der Waals surface area contributed by atoms with Crippen LogP contribution in [-0.2, 0) is 0 Å². The molecule has 0 fully saturated rings. The predicted octanol–water partition coefficient (Wildman–Crippen LogP) is -8.07. The van der Waals surface area contributed by atoms with E-state index in [9.17, 15) is 0 Å². The van der Waals surface area contributed by atoms with Gasteiger partial charge in [-0.2, -0.15) is 0 Å². The van der Waals surface area contributed by atoms with Gasteiger partial charge >= 0.3 is 51.4 Å². The van der Waals surface area contributed by atoms with Gasteiger partial charge < -0.3 is 49.3 Å². The summed E-state index contributed by atoms with van der Waals surface area (Å²) in [4.78, 5) is 0. The van der Waals surface area contributed by atoms with Crippen LogP contribution in [0.1, 0.15) is 0 Å². The van der Waals surface area contributed by atoms with Gasteiger partial charge in [-0.05, 0) is 0 Å². The molecule has 0 amide bonds. The zero-order valence-corrected chi connectivity index (χ0v) is 4.50. The summed E-state index contributed by atoms with van der Waals surface area (Å²) in [6.07, 6.45) is 0. The molecule has 0 aromatic heterocycles. The second kappa shape index (κ2) is 543. The molecule has 0 aliphatic rings. The van der Waals surface area contributed by atoms with E-state index < -0.39 is 0 Å². The Bertz CT molecular complexity index is 4.69. The Kier molecular flexibility index (Phi) is 39700. The van der Waals surface area contributed by atoms with Crippen LogP contribution in [0.15, 0.2) is 0 Å². The molecule has 0 rings (SSSR count). The molecule has 0 heterocycles. The van der Waals surface area contributed by atoms with E-state index in [0.29, 0.717) is 0 Å². The molecule has 10 heavy (non-hydrogen) atoms. The molecular formula is H19KO9. The molecule has 74 valence electrons. The third kappa shape index (κ3) is 390. The minimum absolute atomic E-state index is 0. The van der Waals surface area contributed by atoms with Crippen LogP contribution in [0.25, 0.3) is 0 Å². The molecule has 0 spiro atoms. The van der Waals surface area contributed by atoms with Crippen LogP contribution in [0.3, 0.4) is 0 Å². The van der Waals surface area contributed by atoms with Crippen molar-refractivity contribution < 1.29 is 49.3 Å². The van der Waals surface area contributed by atoms with Gasteiger partial charge in [0.15, 0.2) is 0 Å². The molecule has 0 aliphatic heterocycles. The van der Waals surface area contributed by atoms with Crippen LogP contribution in [0.2, 0.25) is 0 Å². The molecule has 0 atom stereocenters. The van der Waals surface area contributed by atoms with E-state index in [1.165, 1.54) is 0 Å². The molecule has 0 aromatic carbocycles. The first-order valence-corrected chi connectivity index (χ1v) is 0. The van der Waals surface area contributed by atoms with Gasteiger partial charge in [-0.3, -0.25) is 0 Å². The van der Waals surface area contributed by atoms with Gasteiger partial charge in [-0.1, -0.05) is 0 Å². The summed E-state index contributed by atoms with van der Waals surface area (Å²) < 4.78 is 0. The van der Waals surface area contributed by atoms with Crippen molar-refractivity contribution in [3.63, 3.8) is 0 Å². The summed E-state index contributed by atoms with van der Waals surface area (Å²) in [5, 5.41) is 0. The van der Waals surface area contributed by atoms with Crippen molar-refractivity contribution in [1.82, 2.24) is 0 Å². The molecule has 9 nitrogen and oxygen atoms in total. The molecule has 0 unspecified atom stereocenters. The summed E-state index contributed by atoms with van der Waals surface area (Å²) in [6, 6.07) is 0. The quantitative estimate of drug-likeness (QED) is 0.330. The van der Waals surface area contributed by atoms with Crippen molar-refractivity contribution in [2.45, 2.75) is 0 Å². The Morgan fingerprint density at radius 1 is 0.200 bits per heavy atom. The average Bonchev–Trinajstić information content (AvgIpc) is 0. The summed E-state index contributed by atoms with van der Waals surface area (Å²) in [5.74, 6) is 0. The van der Waals surface area contributed by atoms with Gasteiger partial charge in [0.05, 0.1) is 0 Å². The third-order valence-electron chi connectivity index (χ3n) is 0. The van der Waals surface area contributed by atoms with E-state index in [0.717, 1.165) is 0 Å². The molecule has 0 radical (unpaired) electrons. The molecule has 0 aliphatic carbocycles. The van der Waals surface area contributed by atoms with Crippen LogP contribution in [0, 0.1) is 0 Å². The van der Waals surface area contributed by atoms with Gasteiger partial charge in [0.25, 0.3) is 0 Å². The summed E-state index contributed by atoms with van der Waals surface area (Å²) in [5.41, 5.74) is 0. The zero-order valence-electron chi connectivity index (χ0n) is 4.50. The van der Waals surface area contributed by atoms with Gasteiger partial charge in [0.2, 0.25) is 0 Å². The molecule has 0 bridgehead atoms. The van der Waals surface area contributed by atoms with Crippen molar-refractivity contribution in [3.8, 4) is 0 Å². The Morgan fingerprint density at radius 2 is 0.200 bits per heavy atom. The van der Waals surface area contributed by atoms with Crippen LogP contribution < -0.4 is 0 Å². The summed E-state index contributed by atoms with van der Waals surface area (Å²) >= 11 is 0. The van der Waals surface area contributed by atoms with Crippen LogP contribution in [0.4, 0.5) is 0 Å². The molecular weight excluding hydrogens is 183 g/mol. The van der Waals surface area contributed by atoms with Crippen LogP contribution in [-0.4, -0.2) is 101 Å². The van der Waals surface area contributed by atoms with Crippen molar-refractivity contribution >= 4 is 51.4 Å².